The molecule has 0 saturated heterocycles. The van der Waals surface area contributed by atoms with E-state index in [1.807, 2.05) is 48.5 Å². The van der Waals surface area contributed by atoms with Gasteiger partial charge in [-0.25, -0.2) is 0 Å². The van der Waals surface area contributed by atoms with Crippen LogP contribution >= 0.6 is 0 Å². The van der Waals surface area contributed by atoms with Gasteiger partial charge in [-0.3, -0.25) is 14.8 Å². The minimum Gasteiger partial charge on any atom is -0.497 e. The summed E-state index contributed by atoms with van der Waals surface area (Å²) in [4.78, 5) is 20.8. The second-order valence-electron chi connectivity index (χ2n) is 5.52. The van der Waals surface area contributed by atoms with Crippen LogP contribution in [0.5, 0.6) is 5.75 Å². The van der Waals surface area contributed by atoms with Gasteiger partial charge in [-0.1, -0.05) is 18.2 Å². The predicted molar refractivity (Wildman–Crippen MR) is 96.5 cm³/mol. The molecule has 0 aliphatic heterocycles. The summed E-state index contributed by atoms with van der Waals surface area (Å²) >= 11 is 0. The van der Waals surface area contributed by atoms with Crippen molar-refractivity contribution >= 4 is 5.91 Å². The standard InChI is InChI=1S/C20H19N3O2/c1-25-19-7-4-5-15(12-19)16-11-17(14-21-13-16)20(24)23-10-8-18-6-2-3-9-22-18/h2-7,9,11-14H,8,10H2,1H3,(H,23,24). The maximum absolute atomic E-state index is 12.3. The largest absolute Gasteiger partial charge is 0.497 e. The molecule has 3 aromatic rings. The van der Waals surface area contributed by atoms with Crippen molar-refractivity contribution in [3.05, 3.63) is 78.4 Å². The van der Waals surface area contributed by atoms with E-state index in [2.05, 4.69) is 15.3 Å². The van der Waals surface area contributed by atoms with Gasteiger partial charge in [0.1, 0.15) is 5.75 Å². The van der Waals surface area contributed by atoms with Gasteiger partial charge in [-0.2, -0.15) is 0 Å². The third-order valence-electron chi connectivity index (χ3n) is 3.80. The van der Waals surface area contributed by atoms with Gasteiger partial charge in [0, 0.05) is 42.8 Å². The van der Waals surface area contributed by atoms with Crippen LogP contribution in [0.15, 0.2) is 67.1 Å². The van der Waals surface area contributed by atoms with Gasteiger partial charge in [0.2, 0.25) is 0 Å². The van der Waals surface area contributed by atoms with Crippen LogP contribution in [0.25, 0.3) is 11.1 Å². The number of pyridine rings is 2. The predicted octanol–water partition coefficient (Wildman–Crippen LogP) is 3.12. The smallest absolute Gasteiger partial charge is 0.252 e. The quantitative estimate of drug-likeness (QED) is 0.753. The summed E-state index contributed by atoms with van der Waals surface area (Å²) in [6, 6.07) is 15.2. The fraction of sp³-hybridized carbons (Fsp3) is 0.150. The molecule has 0 fully saturated rings. The fourth-order valence-corrected chi connectivity index (χ4v) is 2.48. The number of ether oxygens (including phenoxy) is 1. The molecule has 126 valence electrons. The van der Waals surface area contributed by atoms with Gasteiger partial charge >= 0.3 is 0 Å². The first-order valence-corrected chi connectivity index (χ1v) is 8.04. The number of hydrogen-bond donors (Lipinski definition) is 1. The first-order chi connectivity index (χ1) is 12.3. The number of carbonyl (C=O) groups excluding carboxylic acids is 1. The Hall–Kier alpha value is -3.21. The van der Waals surface area contributed by atoms with Crippen LogP contribution in [0.2, 0.25) is 0 Å². The molecule has 0 atom stereocenters. The number of benzene rings is 1. The molecule has 2 heterocycles. The molecule has 0 bridgehead atoms. The molecule has 0 aliphatic rings. The molecule has 1 N–H and O–H groups in total. The number of nitrogens with zero attached hydrogens (tertiary/aromatic N) is 2. The summed E-state index contributed by atoms with van der Waals surface area (Å²) in [5.41, 5.74) is 3.30. The van der Waals surface area contributed by atoms with Crippen LogP contribution in [-0.2, 0) is 6.42 Å². The van der Waals surface area contributed by atoms with Gasteiger partial charge < -0.3 is 10.1 Å². The molecule has 0 unspecified atom stereocenters. The maximum atomic E-state index is 12.3. The van der Waals surface area contributed by atoms with Crippen LogP contribution in [0, 0.1) is 0 Å². The molecule has 1 aromatic carbocycles. The summed E-state index contributed by atoms with van der Waals surface area (Å²) in [6.07, 6.45) is 5.74. The van der Waals surface area contributed by atoms with Crippen LogP contribution in [0.1, 0.15) is 16.1 Å². The van der Waals surface area contributed by atoms with E-state index in [0.717, 1.165) is 22.6 Å². The molecule has 5 heteroatoms. The Bertz CT molecular complexity index is 850. The molecule has 1 amide bonds. The highest BCUT2D eigenvalue weighted by atomic mass is 16.5. The third-order valence-corrected chi connectivity index (χ3v) is 3.80. The van der Waals surface area contributed by atoms with Crippen molar-refractivity contribution in [2.75, 3.05) is 13.7 Å². The second-order valence-corrected chi connectivity index (χ2v) is 5.52. The lowest BCUT2D eigenvalue weighted by atomic mass is 10.1. The zero-order valence-corrected chi connectivity index (χ0v) is 14.0. The van der Waals surface area contributed by atoms with E-state index in [0.29, 0.717) is 18.5 Å². The number of amides is 1. The first kappa shape index (κ1) is 16.6. The Morgan fingerprint density at radius 3 is 2.80 bits per heavy atom. The molecule has 25 heavy (non-hydrogen) atoms. The Morgan fingerprint density at radius 1 is 1.08 bits per heavy atom. The molecule has 0 aliphatic carbocycles. The number of nitrogens with one attached hydrogen (secondary N) is 1. The monoisotopic (exact) mass is 333 g/mol. The minimum atomic E-state index is -0.145. The van der Waals surface area contributed by atoms with Crippen LogP contribution < -0.4 is 10.1 Å². The van der Waals surface area contributed by atoms with E-state index in [4.69, 9.17) is 4.74 Å². The zero-order chi connectivity index (χ0) is 17.5. The van der Waals surface area contributed by atoms with E-state index >= 15 is 0 Å². The number of aromatic nitrogens is 2. The molecular formula is C20H19N3O2. The summed E-state index contributed by atoms with van der Waals surface area (Å²) in [7, 11) is 1.63. The average Bonchev–Trinajstić information content (AvgIpc) is 2.69. The van der Waals surface area contributed by atoms with Gasteiger partial charge in [-0.05, 0) is 35.9 Å². The molecule has 0 spiro atoms. The van der Waals surface area contributed by atoms with Crippen molar-refractivity contribution in [3.63, 3.8) is 0 Å². The maximum Gasteiger partial charge on any atom is 0.252 e. The van der Waals surface area contributed by atoms with Gasteiger partial charge in [-0.15, -0.1) is 0 Å². The normalized spacial score (nSPS) is 10.3. The molecule has 5 nitrogen and oxygen atoms in total. The lowest BCUT2D eigenvalue weighted by molar-refractivity contribution is 0.0953. The van der Waals surface area contributed by atoms with E-state index in [1.165, 1.54) is 0 Å². The molecule has 2 aromatic heterocycles. The lowest BCUT2D eigenvalue weighted by Gasteiger charge is -2.08. The van der Waals surface area contributed by atoms with E-state index < -0.39 is 0 Å². The Kier molecular flexibility index (Phi) is 5.36. The van der Waals surface area contributed by atoms with Gasteiger partial charge in [0.05, 0.1) is 12.7 Å². The first-order valence-electron chi connectivity index (χ1n) is 8.04. The highest BCUT2D eigenvalue weighted by molar-refractivity contribution is 5.95. The Morgan fingerprint density at radius 2 is 2.00 bits per heavy atom. The summed E-state index contributed by atoms with van der Waals surface area (Å²) in [5.74, 6) is 0.621. The number of hydrogen-bond acceptors (Lipinski definition) is 4. The van der Waals surface area contributed by atoms with Crippen molar-refractivity contribution in [1.29, 1.82) is 0 Å². The fourth-order valence-electron chi connectivity index (χ4n) is 2.48. The summed E-state index contributed by atoms with van der Waals surface area (Å²) in [5, 5.41) is 2.91. The average molecular weight is 333 g/mol. The Labute approximate surface area is 146 Å². The van der Waals surface area contributed by atoms with Crippen molar-refractivity contribution in [1.82, 2.24) is 15.3 Å². The zero-order valence-electron chi connectivity index (χ0n) is 14.0. The highest BCUT2D eigenvalue weighted by Crippen LogP contribution is 2.23. The molecular weight excluding hydrogens is 314 g/mol. The number of methoxy groups -OCH3 is 1. The van der Waals surface area contributed by atoms with Crippen molar-refractivity contribution in [2.24, 2.45) is 0 Å². The number of rotatable bonds is 6. The van der Waals surface area contributed by atoms with E-state index in [-0.39, 0.29) is 5.91 Å². The third kappa shape index (κ3) is 4.41. The van der Waals surface area contributed by atoms with Gasteiger partial charge in [0.25, 0.3) is 5.91 Å². The summed E-state index contributed by atoms with van der Waals surface area (Å²) < 4.78 is 5.24. The van der Waals surface area contributed by atoms with Crippen molar-refractivity contribution in [2.45, 2.75) is 6.42 Å². The van der Waals surface area contributed by atoms with E-state index in [1.54, 1.807) is 25.7 Å². The summed E-state index contributed by atoms with van der Waals surface area (Å²) in [6.45, 7) is 0.527. The van der Waals surface area contributed by atoms with Gasteiger partial charge in [0.15, 0.2) is 0 Å². The lowest BCUT2D eigenvalue weighted by Crippen LogP contribution is -2.26. The SMILES string of the molecule is COc1cccc(-c2cncc(C(=O)NCCc3ccccn3)c2)c1. The molecule has 3 rings (SSSR count). The molecule has 0 radical (unpaired) electrons. The highest BCUT2D eigenvalue weighted by Gasteiger charge is 2.08. The second kappa shape index (κ2) is 8.06. The minimum absolute atomic E-state index is 0.145. The number of carbonyl (C=O) groups is 1. The Balaban J connectivity index is 1.67. The van der Waals surface area contributed by atoms with Crippen LogP contribution in [0.4, 0.5) is 0 Å². The van der Waals surface area contributed by atoms with Crippen LogP contribution in [0.3, 0.4) is 0 Å². The topological polar surface area (TPSA) is 64.1 Å². The molecule has 0 saturated carbocycles. The van der Waals surface area contributed by atoms with Crippen molar-refractivity contribution in [3.8, 4) is 16.9 Å². The van der Waals surface area contributed by atoms with E-state index in [9.17, 15) is 4.79 Å². The van der Waals surface area contributed by atoms with Crippen molar-refractivity contribution < 1.29 is 9.53 Å². The van der Waals surface area contributed by atoms with Crippen LogP contribution in [-0.4, -0.2) is 29.5 Å².